The predicted molar refractivity (Wildman–Crippen MR) is 257 cm³/mol. The number of alkyl halides is 8. The van der Waals surface area contributed by atoms with E-state index in [0.29, 0.717) is 0 Å². The average Bonchev–Trinajstić information content (AvgIpc) is 3.87. The maximum Gasteiger partial charge on any atom is 1.00 e. The Morgan fingerprint density at radius 2 is 0.708 bits per heavy atom. The third-order valence-corrected chi connectivity index (χ3v) is 12.4. The first-order valence-corrected chi connectivity index (χ1v) is 27.6. The SMILES string of the molecule is CC(C)=O.CCCCCCCCCCCCCCCCN1C=CN(C)C1.CCCCCCCCCCCCCCCCN1C=CN(C)C1.O=S(=O)(O)C(F)(F)C(F)F.O=S(=O)([O-])C(F)(F)C(F)F.[Cl-].[Cl-].[K+].[K+]. The second-order valence-electron chi connectivity index (χ2n) is 17.8. The molecule has 72 heavy (non-hydrogen) atoms. The van der Waals surface area contributed by atoms with Crippen LogP contribution in [0.1, 0.15) is 207 Å². The van der Waals surface area contributed by atoms with Crippen LogP contribution in [0.3, 0.4) is 0 Å². The molecule has 0 saturated heterocycles. The zero-order chi connectivity index (χ0) is 52.5. The van der Waals surface area contributed by atoms with Gasteiger partial charge in [0.2, 0.25) is 0 Å². The van der Waals surface area contributed by atoms with Crippen LogP contribution in [-0.2, 0) is 25.0 Å². The standard InChI is InChI=1S/2C20H40N2.C3H6O.2C2H2F4O3S.2ClH.2K/c2*1-3-4-5-6-7-8-9-10-11-12-13-14-15-16-17-22-19-18-21(2)20-22;1-3(2)4;2*3-1(4)2(5,6)10(7,8)9;;;;/h2*18-19H,3-17,20H2,1-2H3;1-2H3;2*1H,(H,7,8,9);2*1H;;/q;;;;;;;2*+1/p-3. The molecular weight excluding hydrogens is 1100 g/mol. The molecule has 0 aromatic heterocycles. The van der Waals surface area contributed by atoms with Crippen molar-refractivity contribution in [2.75, 3.05) is 40.5 Å². The molecule has 424 valence electrons. The van der Waals surface area contributed by atoms with E-state index in [1.807, 2.05) is 0 Å². The van der Waals surface area contributed by atoms with E-state index in [2.05, 4.69) is 72.3 Å². The zero-order valence-corrected chi connectivity index (χ0v) is 54.3. The van der Waals surface area contributed by atoms with Crippen molar-refractivity contribution in [3.8, 4) is 0 Å². The second kappa shape index (κ2) is 54.4. The molecule has 2 aliphatic heterocycles. The van der Waals surface area contributed by atoms with Crippen LogP contribution in [0.25, 0.3) is 0 Å². The monoisotopic (exact) mass is 1190 g/mol. The molecule has 0 atom stereocenters. The van der Waals surface area contributed by atoms with Crippen LogP contribution in [-0.4, -0.2) is 115 Å². The Balaban J connectivity index is -0.000000158. The Morgan fingerprint density at radius 3 is 0.833 bits per heavy atom. The van der Waals surface area contributed by atoms with E-state index in [0.717, 1.165) is 13.3 Å². The molecule has 0 bridgehead atoms. The van der Waals surface area contributed by atoms with Gasteiger partial charge in [-0.25, -0.2) is 26.0 Å². The maximum absolute atomic E-state index is 11.5. The van der Waals surface area contributed by atoms with Gasteiger partial charge < -0.3 is 53.8 Å². The Labute approximate surface area is 528 Å². The van der Waals surface area contributed by atoms with Gasteiger partial charge in [-0.3, -0.25) is 4.55 Å². The summed E-state index contributed by atoms with van der Waals surface area (Å²) in [7, 11) is -7.94. The van der Waals surface area contributed by atoms with Crippen molar-refractivity contribution in [1.82, 2.24) is 19.6 Å². The molecule has 2 rings (SSSR count). The summed E-state index contributed by atoms with van der Waals surface area (Å²) < 4.78 is 144. The summed E-state index contributed by atoms with van der Waals surface area (Å²) in [5.74, 6) is 0.167. The van der Waals surface area contributed by atoms with Crippen molar-refractivity contribution in [3.05, 3.63) is 24.8 Å². The van der Waals surface area contributed by atoms with Crippen molar-refractivity contribution in [1.29, 1.82) is 0 Å². The van der Waals surface area contributed by atoms with Crippen LogP contribution in [0.4, 0.5) is 35.1 Å². The van der Waals surface area contributed by atoms with Gasteiger partial charge in [-0.15, -0.1) is 0 Å². The molecule has 1 N–H and O–H groups in total. The number of carbonyl (C=O) groups excluding carboxylic acids is 1. The molecule has 0 aliphatic carbocycles. The first kappa shape index (κ1) is 87.3. The fraction of sp³-hybridized carbons (Fsp3) is 0.894. The summed E-state index contributed by atoms with van der Waals surface area (Å²) in [6.45, 7) is 12.3. The number of ketones is 1. The van der Waals surface area contributed by atoms with Crippen LogP contribution >= 0.6 is 0 Å². The maximum atomic E-state index is 11.5. The zero-order valence-electron chi connectivity index (χ0n) is 44.9. The second-order valence-corrected chi connectivity index (χ2v) is 20.7. The van der Waals surface area contributed by atoms with Gasteiger partial charge in [-0.05, 0) is 26.7 Å². The molecule has 2 heterocycles. The number of hydrogen-bond acceptors (Lipinski definition) is 10. The third-order valence-electron chi connectivity index (χ3n) is 10.7. The van der Waals surface area contributed by atoms with Crippen LogP contribution in [0.15, 0.2) is 24.8 Å². The van der Waals surface area contributed by atoms with Gasteiger partial charge in [0.1, 0.15) is 5.78 Å². The smallest absolute Gasteiger partial charge is 1.00 e. The summed E-state index contributed by atoms with van der Waals surface area (Å²) in [5.41, 5.74) is 0. The molecule has 0 aromatic rings. The number of halogens is 10. The topological polar surface area (TPSA) is 142 Å². The van der Waals surface area contributed by atoms with Crippen molar-refractivity contribution in [3.63, 3.8) is 0 Å². The molecular formula is C47H89Cl2F8K2N4O7S2-. The average molecular weight is 1190 g/mol. The van der Waals surface area contributed by atoms with Gasteiger partial charge in [0.25, 0.3) is 0 Å². The van der Waals surface area contributed by atoms with Crippen LogP contribution in [0.5, 0.6) is 0 Å². The van der Waals surface area contributed by atoms with E-state index in [1.54, 1.807) is 0 Å². The van der Waals surface area contributed by atoms with Crippen molar-refractivity contribution in [2.45, 2.75) is 231 Å². The van der Waals surface area contributed by atoms with Crippen LogP contribution in [0.2, 0.25) is 0 Å². The quantitative estimate of drug-likeness (QED) is 0.0439. The van der Waals surface area contributed by atoms with E-state index in [1.165, 1.54) is 207 Å². The minimum absolute atomic E-state index is 0. The fourth-order valence-corrected chi connectivity index (χ4v) is 7.15. The Kier molecular flexibility index (Phi) is 66.0. The Hall–Kier alpha value is 1.46. The van der Waals surface area contributed by atoms with E-state index >= 15 is 0 Å². The fourth-order valence-electron chi connectivity index (χ4n) is 6.71. The molecule has 2 aliphatic rings. The summed E-state index contributed by atoms with van der Waals surface area (Å²) in [5, 5.41) is -10.8. The number of unbranched alkanes of at least 4 members (excludes halogenated alkanes) is 26. The molecule has 11 nitrogen and oxygen atoms in total. The number of Topliss-reactive ketones (excluding diaryl/α,β-unsaturated/α-hetero) is 1. The normalized spacial score (nSPS) is 13.0. The third kappa shape index (κ3) is 53.5. The summed E-state index contributed by atoms with van der Waals surface area (Å²) in [6, 6.07) is 0. The molecule has 0 saturated carbocycles. The summed E-state index contributed by atoms with van der Waals surface area (Å²) >= 11 is 0. The van der Waals surface area contributed by atoms with Crippen molar-refractivity contribution in [2.24, 2.45) is 0 Å². The van der Waals surface area contributed by atoms with E-state index in [9.17, 15) is 61.3 Å². The van der Waals surface area contributed by atoms with Crippen molar-refractivity contribution >= 4 is 26.0 Å². The number of rotatable bonds is 34. The molecule has 0 spiro atoms. The molecule has 0 aromatic carbocycles. The van der Waals surface area contributed by atoms with Gasteiger partial charge in [-0.1, -0.05) is 181 Å². The summed E-state index contributed by atoms with van der Waals surface area (Å²) in [6.07, 6.45) is 40.3. The van der Waals surface area contributed by atoms with E-state index < -0.39 is 43.6 Å². The molecule has 0 unspecified atom stereocenters. The molecule has 0 fully saturated rings. The first-order valence-electron chi connectivity index (χ1n) is 24.7. The van der Waals surface area contributed by atoms with Gasteiger partial charge in [0, 0.05) is 52.0 Å². The van der Waals surface area contributed by atoms with Crippen molar-refractivity contribution < 1.29 is 193 Å². The van der Waals surface area contributed by atoms with Crippen LogP contribution in [0, 0.1) is 0 Å². The number of hydrogen-bond donors (Lipinski definition) is 1. The van der Waals surface area contributed by atoms with E-state index in [-0.39, 0.29) is 133 Å². The predicted octanol–water partition coefficient (Wildman–Crippen LogP) is 2.02. The van der Waals surface area contributed by atoms with Gasteiger partial charge in [-0.2, -0.15) is 26.0 Å². The minimum Gasteiger partial charge on any atom is -1.00 e. The van der Waals surface area contributed by atoms with Gasteiger partial charge in [0.15, 0.2) is 10.1 Å². The number of nitrogens with zero attached hydrogens (tertiary/aromatic N) is 4. The minimum atomic E-state index is -6.23. The van der Waals surface area contributed by atoms with Gasteiger partial charge >= 0.3 is 136 Å². The largest absolute Gasteiger partial charge is 1.00 e. The number of carbonyl (C=O) groups is 1. The first-order chi connectivity index (χ1) is 31.8. The van der Waals surface area contributed by atoms with E-state index in [4.69, 9.17) is 4.55 Å². The molecule has 0 radical (unpaired) electrons. The summed E-state index contributed by atoms with van der Waals surface area (Å²) in [4.78, 5) is 18.8. The Bertz CT molecular complexity index is 1400. The van der Waals surface area contributed by atoms with Gasteiger partial charge in [0.05, 0.1) is 13.3 Å². The Morgan fingerprint density at radius 1 is 0.500 bits per heavy atom. The molecule has 0 amide bonds. The van der Waals surface area contributed by atoms with Crippen LogP contribution < -0.4 is 128 Å². The molecule has 25 heteroatoms.